The molecule has 0 unspecified atom stereocenters. The first kappa shape index (κ1) is 25.7. The van der Waals surface area contributed by atoms with Gasteiger partial charge in [0.1, 0.15) is 11.6 Å². The normalized spacial score (nSPS) is 16.8. The number of furan rings is 1. The third-order valence-corrected chi connectivity index (χ3v) is 7.37. The zero-order valence-corrected chi connectivity index (χ0v) is 22.0. The Kier molecular flexibility index (Phi) is 8.72. The van der Waals surface area contributed by atoms with Crippen LogP contribution in [0.4, 0.5) is 5.82 Å². The molecule has 1 amide bonds. The highest BCUT2D eigenvalue weighted by Crippen LogP contribution is 2.25. The average Bonchev–Trinajstić information content (AvgIpc) is 3.42. The number of thioether (sulfide) groups is 1. The number of morpholine rings is 1. The van der Waals surface area contributed by atoms with Crippen molar-refractivity contribution in [3.05, 3.63) is 71.3 Å². The van der Waals surface area contributed by atoms with Gasteiger partial charge in [-0.05, 0) is 17.7 Å². The van der Waals surface area contributed by atoms with Gasteiger partial charge in [-0.3, -0.25) is 9.69 Å². The molecule has 1 aromatic carbocycles. The molecule has 0 atom stereocenters. The summed E-state index contributed by atoms with van der Waals surface area (Å²) in [6.07, 6.45) is 0. The van der Waals surface area contributed by atoms with Crippen molar-refractivity contribution in [2.45, 2.75) is 24.1 Å². The van der Waals surface area contributed by atoms with Crippen LogP contribution in [0.2, 0.25) is 0 Å². The van der Waals surface area contributed by atoms with Crippen LogP contribution in [0, 0.1) is 0 Å². The van der Waals surface area contributed by atoms with Crippen molar-refractivity contribution in [3.8, 4) is 0 Å². The second-order valence-electron chi connectivity index (χ2n) is 9.14. The number of piperazine rings is 1. The number of carbonyl (C=O) groups is 1. The van der Waals surface area contributed by atoms with E-state index in [0.717, 1.165) is 50.0 Å². The summed E-state index contributed by atoms with van der Waals surface area (Å²) in [6.45, 7) is 7.48. The van der Waals surface area contributed by atoms with Gasteiger partial charge in [0.25, 0.3) is 5.91 Å². The monoisotopic (exact) mass is 523 g/mol. The molecule has 2 fully saturated rings. The highest BCUT2D eigenvalue weighted by Gasteiger charge is 2.22. The van der Waals surface area contributed by atoms with Crippen LogP contribution in [-0.2, 0) is 28.4 Å². The van der Waals surface area contributed by atoms with Crippen molar-refractivity contribution < 1.29 is 18.7 Å². The molecule has 0 saturated carbocycles. The molecule has 10 heteroatoms. The van der Waals surface area contributed by atoms with Crippen molar-refractivity contribution in [1.29, 1.82) is 0 Å². The summed E-state index contributed by atoms with van der Waals surface area (Å²) in [6, 6.07) is 16.2. The van der Waals surface area contributed by atoms with E-state index in [9.17, 15) is 4.79 Å². The number of hydrogen-bond acceptors (Lipinski definition) is 9. The predicted octanol–water partition coefficient (Wildman–Crippen LogP) is 3.30. The maximum Gasteiger partial charge on any atom is 0.289 e. The Morgan fingerprint density at radius 2 is 1.78 bits per heavy atom. The lowest BCUT2D eigenvalue weighted by atomic mass is 10.2. The first-order valence-corrected chi connectivity index (χ1v) is 13.6. The third-order valence-electron chi connectivity index (χ3n) is 6.50. The highest BCUT2D eigenvalue weighted by molar-refractivity contribution is 7.98. The Hall–Kier alpha value is -2.92. The van der Waals surface area contributed by atoms with E-state index in [0.29, 0.717) is 49.6 Å². The van der Waals surface area contributed by atoms with Crippen LogP contribution in [0.25, 0.3) is 0 Å². The quantitative estimate of drug-likeness (QED) is 0.310. The maximum absolute atomic E-state index is 12.7. The van der Waals surface area contributed by atoms with Crippen molar-refractivity contribution in [2.75, 3.05) is 64.5 Å². The van der Waals surface area contributed by atoms with Crippen molar-refractivity contribution >= 4 is 23.5 Å². The Balaban J connectivity index is 1.20. The van der Waals surface area contributed by atoms with Crippen molar-refractivity contribution in [3.63, 3.8) is 0 Å². The van der Waals surface area contributed by atoms with E-state index in [4.69, 9.17) is 18.9 Å². The number of benzene rings is 1. The van der Waals surface area contributed by atoms with Gasteiger partial charge < -0.3 is 23.7 Å². The Morgan fingerprint density at radius 1 is 1.00 bits per heavy atom. The largest absolute Gasteiger partial charge is 0.455 e. The van der Waals surface area contributed by atoms with Gasteiger partial charge in [0.05, 0.1) is 31.3 Å². The standard InChI is InChI=1S/C27H33N5O4S/c1-34-19-22-17-25(31-11-9-30(10-12-31)18-21-5-3-2-4-6-21)29-27(28-22)37-20-23-7-8-24(36-23)26(33)32-13-15-35-16-14-32/h2-8,17H,9-16,18-20H2,1H3. The number of aromatic nitrogens is 2. The topological polar surface area (TPSA) is 84.2 Å². The van der Waals surface area contributed by atoms with Gasteiger partial charge in [0, 0.05) is 59.0 Å². The van der Waals surface area contributed by atoms with Crippen LogP contribution < -0.4 is 4.90 Å². The minimum Gasteiger partial charge on any atom is -0.455 e. The molecule has 0 aliphatic carbocycles. The zero-order chi connectivity index (χ0) is 25.5. The van der Waals surface area contributed by atoms with Gasteiger partial charge >= 0.3 is 0 Å². The fraction of sp³-hybridized carbons (Fsp3) is 0.444. The molecule has 3 aromatic rings. The van der Waals surface area contributed by atoms with Gasteiger partial charge in [-0.25, -0.2) is 9.97 Å². The summed E-state index contributed by atoms with van der Waals surface area (Å²) in [5.41, 5.74) is 2.19. The molecule has 9 nitrogen and oxygen atoms in total. The predicted molar refractivity (Wildman–Crippen MR) is 142 cm³/mol. The molecule has 196 valence electrons. The molecule has 2 saturated heterocycles. The fourth-order valence-electron chi connectivity index (χ4n) is 4.51. The van der Waals surface area contributed by atoms with Gasteiger partial charge in [-0.15, -0.1) is 0 Å². The minimum atomic E-state index is -0.0911. The highest BCUT2D eigenvalue weighted by atomic mass is 32.2. The second kappa shape index (κ2) is 12.6. The van der Waals surface area contributed by atoms with Crippen LogP contribution in [0.5, 0.6) is 0 Å². The minimum absolute atomic E-state index is 0.0911. The molecule has 0 bridgehead atoms. The average molecular weight is 524 g/mol. The number of nitrogens with zero attached hydrogens (tertiary/aromatic N) is 5. The molecule has 2 aliphatic rings. The molecule has 0 spiro atoms. The van der Waals surface area contributed by atoms with Crippen LogP contribution in [0.1, 0.15) is 27.6 Å². The number of anilines is 1. The molecule has 0 radical (unpaired) electrons. The molecule has 2 aromatic heterocycles. The number of ether oxygens (including phenoxy) is 2. The summed E-state index contributed by atoms with van der Waals surface area (Å²) in [5.74, 6) is 2.45. The molecule has 37 heavy (non-hydrogen) atoms. The fourth-order valence-corrected chi connectivity index (χ4v) is 5.28. The van der Waals surface area contributed by atoms with Gasteiger partial charge in [-0.1, -0.05) is 42.1 Å². The maximum atomic E-state index is 12.7. The first-order chi connectivity index (χ1) is 18.2. The Bertz CT molecular complexity index is 1160. The van der Waals surface area contributed by atoms with Crippen molar-refractivity contribution in [2.24, 2.45) is 0 Å². The number of amides is 1. The lowest BCUT2D eigenvalue weighted by Gasteiger charge is -2.35. The second-order valence-corrected chi connectivity index (χ2v) is 10.1. The number of methoxy groups -OCH3 is 1. The summed E-state index contributed by atoms with van der Waals surface area (Å²) in [4.78, 5) is 28.8. The molecule has 5 rings (SSSR count). The third kappa shape index (κ3) is 6.89. The lowest BCUT2D eigenvalue weighted by molar-refractivity contribution is 0.0282. The van der Waals surface area contributed by atoms with E-state index in [1.165, 1.54) is 17.3 Å². The summed E-state index contributed by atoms with van der Waals surface area (Å²) < 4.78 is 16.6. The Labute approximate surface area is 221 Å². The summed E-state index contributed by atoms with van der Waals surface area (Å²) in [7, 11) is 1.67. The van der Waals surface area contributed by atoms with E-state index in [1.807, 2.05) is 12.1 Å². The van der Waals surface area contributed by atoms with Crippen LogP contribution >= 0.6 is 11.8 Å². The summed E-state index contributed by atoms with van der Waals surface area (Å²) >= 11 is 1.50. The molecule has 2 aliphatic heterocycles. The van der Waals surface area contributed by atoms with E-state index < -0.39 is 0 Å². The zero-order valence-electron chi connectivity index (χ0n) is 21.2. The van der Waals surface area contributed by atoms with Gasteiger partial charge in [-0.2, -0.15) is 0 Å². The molecular formula is C27H33N5O4S. The van der Waals surface area contributed by atoms with E-state index >= 15 is 0 Å². The van der Waals surface area contributed by atoms with Crippen LogP contribution in [-0.4, -0.2) is 85.3 Å². The molecule has 4 heterocycles. The van der Waals surface area contributed by atoms with E-state index in [2.05, 4.69) is 45.1 Å². The smallest absolute Gasteiger partial charge is 0.289 e. The van der Waals surface area contributed by atoms with Crippen LogP contribution in [0.3, 0.4) is 0 Å². The van der Waals surface area contributed by atoms with Crippen LogP contribution in [0.15, 0.2) is 58.1 Å². The first-order valence-electron chi connectivity index (χ1n) is 12.6. The van der Waals surface area contributed by atoms with Gasteiger partial charge in [0.2, 0.25) is 0 Å². The Morgan fingerprint density at radius 3 is 2.54 bits per heavy atom. The van der Waals surface area contributed by atoms with E-state index in [-0.39, 0.29) is 5.91 Å². The molecule has 0 N–H and O–H groups in total. The number of carbonyl (C=O) groups excluding carboxylic acids is 1. The van der Waals surface area contributed by atoms with E-state index in [1.54, 1.807) is 18.1 Å². The SMILES string of the molecule is COCc1cc(N2CCN(Cc3ccccc3)CC2)nc(SCc2ccc(C(=O)N3CCOCC3)o2)n1. The van der Waals surface area contributed by atoms with Gasteiger partial charge in [0.15, 0.2) is 10.9 Å². The van der Waals surface area contributed by atoms with Crippen molar-refractivity contribution in [1.82, 2.24) is 19.8 Å². The lowest BCUT2D eigenvalue weighted by Crippen LogP contribution is -2.46. The number of hydrogen-bond donors (Lipinski definition) is 0. The summed E-state index contributed by atoms with van der Waals surface area (Å²) in [5, 5.41) is 0.675. The molecular weight excluding hydrogens is 490 g/mol. The number of rotatable bonds is 9.